The van der Waals surface area contributed by atoms with Crippen LogP contribution in [-0.4, -0.2) is 6.54 Å². The molecule has 1 heterocycles. The highest BCUT2D eigenvalue weighted by molar-refractivity contribution is 9.10. The van der Waals surface area contributed by atoms with Gasteiger partial charge in [-0.05, 0) is 65.6 Å². The van der Waals surface area contributed by atoms with Crippen molar-refractivity contribution in [3.8, 4) is 0 Å². The van der Waals surface area contributed by atoms with Crippen LogP contribution in [0.1, 0.15) is 33.8 Å². The van der Waals surface area contributed by atoms with Gasteiger partial charge in [0.05, 0.1) is 6.04 Å². The highest BCUT2D eigenvalue weighted by atomic mass is 79.9. The van der Waals surface area contributed by atoms with Crippen molar-refractivity contribution in [2.75, 3.05) is 6.54 Å². The maximum Gasteiger partial charge on any atom is 0.0674 e. The fraction of sp³-hybridized carbons (Fsp3) is 0.333. The fourth-order valence-corrected chi connectivity index (χ4v) is 3.95. The van der Waals surface area contributed by atoms with Crippen LogP contribution in [-0.2, 0) is 0 Å². The van der Waals surface area contributed by atoms with Gasteiger partial charge in [-0.25, -0.2) is 0 Å². The lowest BCUT2D eigenvalue weighted by molar-refractivity contribution is 0.636. The van der Waals surface area contributed by atoms with Crippen molar-refractivity contribution in [1.82, 2.24) is 5.32 Å². The average Bonchev–Trinajstić information content (AvgIpc) is 2.70. The summed E-state index contributed by atoms with van der Waals surface area (Å²) in [5, 5.41) is 4.34. The molecule has 102 valence electrons. The molecule has 2 aromatic rings. The summed E-state index contributed by atoms with van der Waals surface area (Å²) in [5.74, 6) is 0. The van der Waals surface area contributed by atoms with Gasteiger partial charge in [-0.1, -0.05) is 24.6 Å². The number of hydrogen-bond donors (Lipinski definition) is 1. The van der Waals surface area contributed by atoms with E-state index in [9.17, 15) is 0 Å². The quantitative estimate of drug-likeness (QED) is 0.763. The third-order valence-electron chi connectivity index (χ3n) is 3.12. The van der Waals surface area contributed by atoms with Gasteiger partial charge in [0.1, 0.15) is 0 Å². The lowest BCUT2D eigenvalue weighted by atomic mass is 10.00. The van der Waals surface area contributed by atoms with E-state index < -0.39 is 0 Å². The second-order valence-corrected chi connectivity index (χ2v) is 7.12. The van der Waals surface area contributed by atoms with Gasteiger partial charge in [-0.3, -0.25) is 0 Å². The molecule has 1 aromatic carbocycles. The van der Waals surface area contributed by atoms with E-state index in [1.807, 2.05) is 17.4 Å². The predicted molar refractivity (Wildman–Crippen MR) is 88.5 cm³/mol. The molecule has 4 heteroatoms. The van der Waals surface area contributed by atoms with Gasteiger partial charge in [0.25, 0.3) is 0 Å². The number of halogens is 2. The number of aryl methyl sites for hydroxylation is 2. The van der Waals surface area contributed by atoms with Crippen molar-refractivity contribution in [2.45, 2.75) is 26.8 Å². The van der Waals surface area contributed by atoms with Crippen LogP contribution in [0.3, 0.4) is 0 Å². The topological polar surface area (TPSA) is 12.0 Å². The fourth-order valence-electron chi connectivity index (χ4n) is 2.11. The van der Waals surface area contributed by atoms with Crippen LogP contribution < -0.4 is 5.32 Å². The van der Waals surface area contributed by atoms with E-state index in [-0.39, 0.29) is 6.04 Å². The van der Waals surface area contributed by atoms with Crippen LogP contribution in [0.5, 0.6) is 0 Å². The van der Waals surface area contributed by atoms with Gasteiger partial charge < -0.3 is 5.32 Å². The zero-order chi connectivity index (χ0) is 14.0. The van der Waals surface area contributed by atoms with Gasteiger partial charge in [0.2, 0.25) is 0 Å². The summed E-state index contributed by atoms with van der Waals surface area (Å²) < 4.78 is 1.18. The van der Waals surface area contributed by atoms with Crippen LogP contribution in [0.4, 0.5) is 0 Å². The lowest BCUT2D eigenvalue weighted by Crippen LogP contribution is -2.21. The van der Waals surface area contributed by atoms with Crippen molar-refractivity contribution in [3.63, 3.8) is 0 Å². The Morgan fingerprint density at radius 3 is 2.63 bits per heavy atom. The normalized spacial score (nSPS) is 12.7. The number of benzene rings is 1. The molecule has 0 radical (unpaired) electrons. The molecule has 0 amide bonds. The Morgan fingerprint density at radius 2 is 2.05 bits per heavy atom. The van der Waals surface area contributed by atoms with Crippen molar-refractivity contribution >= 4 is 38.9 Å². The summed E-state index contributed by atoms with van der Waals surface area (Å²) in [6.45, 7) is 7.31. The SMILES string of the molecule is CCNC(c1cc(Br)c(C)s1)c1cc(Cl)ccc1C. The van der Waals surface area contributed by atoms with Gasteiger partial charge in [-0.15, -0.1) is 11.3 Å². The summed E-state index contributed by atoms with van der Waals surface area (Å²) in [6, 6.07) is 8.50. The molecule has 0 spiro atoms. The number of rotatable bonds is 4. The third-order valence-corrected chi connectivity index (χ3v) is 5.56. The maximum atomic E-state index is 6.15. The van der Waals surface area contributed by atoms with E-state index in [2.05, 4.69) is 60.2 Å². The average molecular weight is 359 g/mol. The zero-order valence-electron chi connectivity index (χ0n) is 11.3. The molecule has 2 rings (SSSR count). The van der Waals surface area contributed by atoms with Crippen molar-refractivity contribution in [1.29, 1.82) is 0 Å². The highest BCUT2D eigenvalue weighted by Crippen LogP contribution is 2.35. The van der Waals surface area contributed by atoms with E-state index in [1.165, 1.54) is 25.4 Å². The van der Waals surface area contributed by atoms with E-state index in [0.717, 1.165) is 11.6 Å². The van der Waals surface area contributed by atoms with Gasteiger partial charge >= 0.3 is 0 Å². The Morgan fingerprint density at radius 1 is 1.32 bits per heavy atom. The molecule has 1 unspecified atom stereocenters. The largest absolute Gasteiger partial charge is 0.306 e. The number of thiophene rings is 1. The molecule has 0 bridgehead atoms. The molecule has 0 aliphatic rings. The predicted octanol–water partition coefficient (Wildman–Crippen LogP) is 5.48. The van der Waals surface area contributed by atoms with E-state index in [4.69, 9.17) is 11.6 Å². The molecule has 0 saturated heterocycles. The molecule has 1 N–H and O–H groups in total. The first-order valence-corrected chi connectivity index (χ1v) is 8.27. The first-order valence-electron chi connectivity index (χ1n) is 6.28. The Hall–Kier alpha value is -0.350. The van der Waals surface area contributed by atoms with E-state index in [1.54, 1.807) is 0 Å². The van der Waals surface area contributed by atoms with Crippen molar-refractivity contribution in [3.05, 3.63) is 54.6 Å². The third kappa shape index (κ3) is 3.40. The Balaban J connectivity index is 2.47. The Kier molecular flexibility index (Phi) is 5.07. The zero-order valence-corrected chi connectivity index (χ0v) is 14.4. The van der Waals surface area contributed by atoms with Crippen LogP contribution in [0.15, 0.2) is 28.7 Å². The molecule has 0 fully saturated rings. The second-order valence-electron chi connectivity index (χ2n) is 4.54. The van der Waals surface area contributed by atoms with Gasteiger partial charge in [0, 0.05) is 19.2 Å². The summed E-state index contributed by atoms with van der Waals surface area (Å²) in [4.78, 5) is 2.62. The standard InChI is InChI=1S/C15H17BrClNS/c1-4-18-15(14-8-13(16)10(3)19-14)12-7-11(17)6-5-9(12)2/h5-8,15,18H,4H2,1-3H3. The summed E-state index contributed by atoms with van der Waals surface area (Å²) in [5.41, 5.74) is 2.51. The Labute approximate surface area is 132 Å². The second kappa shape index (κ2) is 6.40. The highest BCUT2D eigenvalue weighted by Gasteiger charge is 2.18. The molecule has 0 aliphatic carbocycles. The molecule has 0 saturated carbocycles. The molecule has 1 nitrogen and oxygen atoms in total. The van der Waals surface area contributed by atoms with Gasteiger partial charge in [-0.2, -0.15) is 0 Å². The minimum atomic E-state index is 0.207. The maximum absolute atomic E-state index is 6.15. The summed E-state index contributed by atoms with van der Waals surface area (Å²) >= 11 is 11.6. The first-order chi connectivity index (χ1) is 9.02. The van der Waals surface area contributed by atoms with E-state index in [0.29, 0.717) is 0 Å². The molecule has 0 aliphatic heterocycles. The lowest BCUT2D eigenvalue weighted by Gasteiger charge is -2.19. The molecular weight excluding hydrogens is 342 g/mol. The molecular formula is C15H17BrClNS. The van der Waals surface area contributed by atoms with Crippen LogP contribution in [0, 0.1) is 13.8 Å². The van der Waals surface area contributed by atoms with Crippen LogP contribution in [0.2, 0.25) is 5.02 Å². The first kappa shape index (κ1) is 15.0. The molecule has 1 atom stereocenters. The molecule has 19 heavy (non-hydrogen) atoms. The van der Waals surface area contributed by atoms with Gasteiger partial charge in [0.15, 0.2) is 0 Å². The number of hydrogen-bond acceptors (Lipinski definition) is 2. The van der Waals surface area contributed by atoms with Crippen LogP contribution in [0.25, 0.3) is 0 Å². The summed E-state index contributed by atoms with van der Waals surface area (Å²) in [6.07, 6.45) is 0. The monoisotopic (exact) mass is 357 g/mol. The van der Waals surface area contributed by atoms with Crippen molar-refractivity contribution in [2.24, 2.45) is 0 Å². The van der Waals surface area contributed by atoms with Crippen LogP contribution >= 0.6 is 38.9 Å². The molecule has 1 aromatic heterocycles. The smallest absolute Gasteiger partial charge is 0.0674 e. The summed E-state index contributed by atoms with van der Waals surface area (Å²) in [7, 11) is 0. The minimum absolute atomic E-state index is 0.207. The Bertz CT molecular complexity index is 560. The van der Waals surface area contributed by atoms with Crippen molar-refractivity contribution < 1.29 is 0 Å². The minimum Gasteiger partial charge on any atom is -0.306 e. The van der Waals surface area contributed by atoms with E-state index >= 15 is 0 Å². The number of nitrogens with one attached hydrogen (secondary N) is 1.